The molecule has 0 atom stereocenters. The molecule has 0 radical (unpaired) electrons. The van der Waals surface area contributed by atoms with Crippen molar-refractivity contribution in [3.05, 3.63) is 72.4 Å². The van der Waals surface area contributed by atoms with E-state index in [0.717, 1.165) is 41.0 Å². The number of carbonyl (C=O) groups is 1. The third-order valence-electron chi connectivity index (χ3n) is 4.57. The van der Waals surface area contributed by atoms with Crippen molar-refractivity contribution in [1.29, 1.82) is 0 Å². The molecule has 0 aliphatic heterocycles. The number of nitrogens with zero attached hydrogens (tertiary/aromatic N) is 2. The highest BCUT2D eigenvalue weighted by molar-refractivity contribution is 5.94. The van der Waals surface area contributed by atoms with Crippen LogP contribution in [0.15, 0.2) is 71.3 Å². The Balaban J connectivity index is 1.39. The summed E-state index contributed by atoms with van der Waals surface area (Å²) in [5, 5.41) is 8.65. The summed E-state index contributed by atoms with van der Waals surface area (Å²) >= 11 is 0. The lowest BCUT2D eigenvalue weighted by molar-refractivity contribution is 0.0951. The Kier molecular flexibility index (Phi) is 3.38. The van der Waals surface area contributed by atoms with E-state index in [0.29, 0.717) is 11.6 Å². The molecule has 0 bridgehead atoms. The number of hydrogen-bond donors (Lipinski definition) is 1. The van der Waals surface area contributed by atoms with Crippen LogP contribution in [-0.2, 0) is 0 Å². The molecule has 0 saturated heterocycles. The first-order chi connectivity index (χ1) is 12.8. The minimum Gasteiger partial charge on any atom is -0.454 e. The predicted molar refractivity (Wildman–Crippen MR) is 99.3 cm³/mol. The second-order valence-electron chi connectivity index (χ2n) is 6.59. The first kappa shape index (κ1) is 15.0. The summed E-state index contributed by atoms with van der Waals surface area (Å²) in [5.74, 6) is 0.730. The van der Waals surface area contributed by atoms with E-state index in [-0.39, 0.29) is 5.91 Å². The van der Waals surface area contributed by atoms with Gasteiger partial charge in [0.05, 0.1) is 5.69 Å². The molecule has 4 aromatic rings. The van der Waals surface area contributed by atoms with Crippen LogP contribution in [0.25, 0.3) is 28.1 Å². The van der Waals surface area contributed by atoms with Crippen molar-refractivity contribution in [2.45, 2.75) is 18.9 Å². The lowest BCUT2D eigenvalue weighted by Gasteiger charge is -2.05. The van der Waals surface area contributed by atoms with Crippen LogP contribution in [0.1, 0.15) is 23.2 Å². The number of benzene rings is 2. The van der Waals surface area contributed by atoms with Crippen LogP contribution in [0.2, 0.25) is 0 Å². The first-order valence-corrected chi connectivity index (χ1v) is 8.72. The maximum absolute atomic E-state index is 12.1. The van der Waals surface area contributed by atoms with Gasteiger partial charge in [0, 0.05) is 23.2 Å². The van der Waals surface area contributed by atoms with E-state index in [9.17, 15) is 4.79 Å². The fourth-order valence-electron chi connectivity index (χ4n) is 2.97. The fourth-order valence-corrected chi connectivity index (χ4v) is 2.97. The highest BCUT2D eigenvalue weighted by Crippen LogP contribution is 2.27. The van der Waals surface area contributed by atoms with Gasteiger partial charge in [-0.1, -0.05) is 18.2 Å². The molecule has 128 valence electrons. The van der Waals surface area contributed by atoms with Gasteiger partial charge < -0.3 is 9.73 Å². The molecule has 5 nitrogen and oxygen atoms in total. The second-order valence-corrected chi connectivity index (χ2v) is 6.59. The van der Waals surface area contributed by atoms with Crippen LogP contribution >= 0.6 is 0 Å². The molecule has 1 aliphatic carbocycles. The minimum atomic E-state index is -0.0116. The van der Waals surface area contributed by atoms with Gasteiger partial charge in [-0.15, -0.1) is 0 Å². The zero-order valence-corrected chi connectivity index (χ0v) is 14.1. The Morgan fingerprint density at radius 2 is 1.88 bits per heavy atom. The van der Waals surface area contributed by atoms with Gasteiger partial charge in [0.1, 0.15) is 11.3 Å². The molecule has 1 fully saturated rings. The molecule has 0 spiro atoms. The largest absolute Gasteiger partial charge is 0.454 e. The summed E-state index contributed by atoms with van der Waals surface area (Å²) < 4.78 is 7.65. The van der Waals surface area contributed by atoms with Crippen LogP contribution in [-0.4, -0.2) is 21.7 Å². The number of rotatable bonds is 4. The smallest absolute Gasteiger partial charge is 0.251 e. The number of carbonyl (C=O) groups excluding carboxylic acids is 1. The molecular weight excluding hydrogens is 326 g/mol. The lowest BCUT2D eigenvalue weighted by Crippen LogP contribution is -2.25. The van der Waals surface area contributed by atoms with Gasteiger partial charge in [-0.3, -0.25) is 4.79 Å². The summed E-state index contributed by atoms with van der Waals surface area (Å²) in [5.41, 5.74) is 3.19. The third-order valence-corrected chi connectivity index (χ3v) is 4.57. The quantitative estimate of drug-likeness (QED) is 0.605. The maximum atomic E-state index is 12.1. The molecule has 2 aromatic carbocycles. The molecular formula is C21H17N3O2. The molecule has 1 N–H and O–H groups in total. The van der Waals surface area contributed by atoms with E-state index in [1.807, 2.05) is 66.9 Å². The van der Waals surface area contributed by atoms with Crippen molar-refractivity contribution in [3.8, 4) is 17.1 Å². The van der Waals surface area contributed by atoms with Crippen molar-refractivity contribution in [2.75, 3.05) is 0 Å². The van der Waals surface area contributed by atoms with E-state index < -0.39 is 0 Å². The van der Waals surface area contributed by atoms with E-state index in [1.165, 1.54) is 0 Å². The number of furan rings is 1. The molecule has 5 rings (SSSR count). The van der Waals surface area contributed by atoms with Crippen LogP contribution in [0.4, 0.5) is 0 Å². The van der Waals surface area contributed by atoms with Crippen LogP contribution in [0.3, 0.4) is 0 Å². The average molecular weight is 343 g/mol. The number of amides is 1. The molecule has 1 saturated carbocycles. The zero-order chi connectivity index (χ0) is 17.5. The van der Waals surface area contributed by atoms with Crippen LogP contribution < -0.4 is 5.32 Å². The van der Waals surface area contributed by atoms with E-state index >= 15 is 0 Å². The highest BCUT2D eigenvalue weighted by atomic mass is 16.3. The zero-order valence-electron chi connectivity index (χ0n) is 14.1. The third kappa shape index (κ3) is 2.77. The monoisotopic (exact) mass is 343 g/mol. The highest BCUT2D eigenvalue weighted by Gasteiger charge is 2.23. The van der Waals surface area contributed by atoms with Crippen molar-refractivity contribution < 1.29 is 9.21 Å². The SMILES string of the molecule is O=C(NC1CC1)c1ccc(-n2ccc(-c3cc4ccccc4o3)n2)cc1. The number of fused-ring (bicyclic) bond motifs is 1. The maximum Gasteiger partial charge on any atom is 0.251 e. The Morgan fingerprint density at radius 3 is 2.65 bits per heavy atom. The summed E-state index contributed by atoms with van der Waals surface area (Å²) in [6.45, 7) is 0. The van der Waals surface area contributed by atoms with Crippen molar-refractivity contribution >= 4 is 16.9 Å². The normalized spacial score (nSPS) is 13.8. The summed E-state index contributed by atoms with van der Waals surface area (Å²) in [6, 6.07) is 19.6. The van der Waals surface area contributed by atoms with E-state index in [2.05, 4.69) is 10.4 Å². The van der Waals surface area contributed by atoms with Crippen molar-refractivity contribution in [3.63, 3.8) is 0 Å². The van der Waals surface area contributed by atoms with Crippen LogP contribution in [0.5, 0.6) is 0 Å². The van der Waals surface area contributed by atoms with Gasteiger partial charge in [-0.25, -0.2) is 4.68 Å². The summed E-state index contributed by atoms with van der Waals surface area (Å²) in [7, 11) is 0. The Bertz CT molecular complexity index is 1050. The lowest BCUT2D eigenvalue weighted by atomic mass is 10.2. The van der Waals surface area contributed by atoms with Crippen LogP contribution in [0, 0.1) is 0 Å². The minimum absolute atomic E-state index is 0.0116. The average Bonchev–Trinajstić information content (AvgIpc) is 3.19. The fraction of sp³-hybridized carbons (Fsp3) is 0.143. The Hall–Kier alpha value is -3.34. The molecule has 2 aromatic heterocycles. The van der Waals surface area contributed by atoms with Crippen molar-refractivity contribution in [1.82, 2.24) is 15.1 Å². The van der Waals surface area contributed by atoms with Gasteiger partial charge in [-0.05, 0) is 55.3 Å². The number of para-hydroxylation sites is 1. The van der Waals surface area contributed by atoms with Gasteiger partial charge >= 0.3 is 0 Å². The summed E-state index contributed by atoms with van der Waals surface area (Å²) in [4.78, 5) is 12.1. The molecule has 1 amide bonds. The summed E-state index contributed by atoms with van der Waals surface area (Å²) in [6.07, 6.45) is 4.06. The predicted octanol–water partition coefficient (Wildman–Crippen LogP) is 4.18. The second kappa shape index (κ2) is 5.88. The molecule has 2 heterocycles. The molecule has 0 unspecified atom stereocenters. The van der Waals surface area contributed by atoms with Crippen molar-refractivity contribution in [2.24, 2.45) is 0 Å². The van der Waals surface area contributed by atoms with Gasteiger partial charge in [0.15, 0.2) is 5.76 Å². The first-order valence-electron chi connectivity index (χ1n) is 8.72. The van der Waals surface area contributed by atoms with Gasteiger partial charge in [0.2, 0.25) is 0 Å². The molecule has 5 heteroatoms. The number of aromatic nitrogens is 2. The molecule has 1 aliphatic rings. The van der Waals surface area contributed by atoms with Gasteiger partial charge in [0.25, 0.3) is 5.91 Å². The number of nitrogens with one attached hydrogen (secondary N) is 1. The number of hydrogen-bond acceptors (Lipinski definition) is 3. The van der Waals surface area contributed by atoms with Gasteiger partial charge in [-0.2, -0.15) is 5.10 Å². The topological polar surface area (TPSA) is 60.1 Å². The van der Waals surface area contributed by atoms with E-state index in [4.69, 9.17) is 4.42 Å². The standard InChI is InChI=1S/C21H17N3O2/c25-21(22-16-7-8-16)14-5-9-17(10-6-14)24-12-11-18(23-24)20-13-15-3-1-2-4-19(15)26-20/h1-6,9-13,16H,7-8H2,(H,22,25). The Labute approximate surface area is 150 Å². The Morgan fingerprint density at radius 1 is 1.08 bits per heavy atom. The molecule has 26 heavy (non-hydrogen) atoms. The van der Waals surface area contributed by atoms with E-state index in [1.54, 1.807) is 4.68 Å².